The first-order chi connectivity index (χ1) is 18.4. The molecule has 1 saturated heterocycles. The molecule has 1 aromatic heterocycles. The quantitative estimate of drug-likeness (QED) is 0.223. The Labute approximate surface area is 224 Å². The minimum absolute atomic E-state index is 0.0415. The van der Waals surface area contributed by atoms with E-state index in [4.69, 9.17) is 16.2 Å². The molecule has 0 atom stereocenters. The van der Waals surface area contributed by atoms with Crippen LogP contribution in [0, 0.1) is 16.7 Å². The summed E-state index contributed by atoms with van der Waals surface area (Å²) in [5.74, 6) is -2.30. The lowest BCUT2D eigenvalue weighted by molar-refractivity contribution is -0.151. The predicted octanol–water partition coefficient (Wildman–Crippen LogP) is 1.19. The van der Waals surface area contributed by atoms with E-state index in [2.05, 4.69) is 0 Å². The second-order valence-electron chi connectivity index (χ2n) is 11.9. The van der Waals surface area contributed by atoms with Gasteiger partial charge >= 0.3 is 17.7 Å². The molecule has 3 amide bonds. The fourth-order valence-corrected chi connectivity index (χ4v) is 7.59. The van der Waals surface area contributed by atoms with E-state index in [-0.39, 0.29) is 42.3 Å². The molecule has 1 aliphatic heterocycles. The van der Waals surface area contributed by atoms with Gasteiger partial charge in [-0.15, -0.1) is 0 Å². The van der Waals surface area contributed by atoms with Crippen molar-refractivity contribution in [1.29, 1.82) is 5.41 Å². The van der Waals surface area contributed by atoms with E-state index in [0.29, 0.717) is 38.5 Å². The maximum atomic E-state index is 13.5. The number of likely N-dealkylation sites (N-methyl/N-ethyl adjacent to an activating group) is 1. The highest BCUT2D eigenvalue weighted by atomic mass is 16.4. The number of hydrogen-bond acceptors (Lipinski definition) is 7. The molecule has 0 radical (unpaired) electrons. The number of imide groups is 1. The molecule has 4 aliphatic rings. The highest BCUT2D eigenvalue weighted by molar-refractivity contribution is 6.07. The lowest BCUT2D eigenvalue weighted by Crippen LogP contribution is -2.64. The third-order valence-corrected chi connectivity index (χ3v) is 9.54. The Balaban J connectivity index is 1.38. The summed E-state index contributed by atoms with van der Waals surface area (Å²) in [6.45, 7) is 0.223. The summed E-state index contributed by atoms with van der Waals surface area (Å²) in [5.41, 5.74) is 2.64. The summed E-state index contributed by atoms with van der Waals surface area (Å²) < 4.78 is 2.33. The van der Waals surface area contributed by atoms with Crippen LogP contribution in [-0.4, -0.2) is 72.0 Å². The van der Waals surface area contributed by atoms with Crippen LogP contribution in [0.15, 0.2) is 9.59 Å². The molecule has 39 heavy (non-hydrogen) atoms. The van der Waals surface area contributed by atoms with Crippen LogP contribution in [-0.2, 0) is 16.1 Å². The van der Waals surface area contributed by atoms with Gasteiger partial charge in [0.2, 0.25) is 5.88 Å². The topological polar surface area (TPSA) is 192 Å². The molecule has 2 spiro atoms. The second-order valence-corrected chi connectivity index (χ2v) is 11.9. The number of aliphatic carboxylic acids is 1. The van der Waals surface area contributed by atoms with Gasteiger partial charge in [-0.05, 0) is 62.7 Å². The monoisotopic (exact) mass is 544 g/mol. The molecule has 13 nitrogen and oxygen atoms in total. The molecule has 5 N–H and O–H groups in total. The zero-order valence-electron chi connectivity index (χ0n) is 22.1. The molecule has 3 saturated carbocycles. The van der Waals surface area contributed by atoms with Gasteiger partial charge in [-0.1, -0.05) is 12.8 Å². The Morgan fingerprint density at radius 3 is 2.26 bits per heavy atom. The van der Waals surface area contributed by atoms with E-state index < -0.39 is 46.5 Å². The highest BCUT2D eigenvalue weighted by Crippen LogP contribution is 2.62. The van der Waals surface area contributed by atoms with E-state index in [1.807, 2.05) is 0 Å². The van der Waals surface area contributed by atoms with Gasteiger partial charge in [0, 0.05) is 26.2 Å². The summed E-state index contributed by atoms with van der Waals surface area (Å²) in [7, 11) is 1.41. The molecule has 5 rings (SSSR count). The molecule has 1 aromatic rings. The standard InChI is InChI=1S/C26H36N6O7/c1-29-22(37)26(31(23(29)38)11-8-17(33)34)13-25(14-26)9-6-16(7-10-25)32-21(36)18(19(27)28)20(35)30(24(32)39)12-15-4-2-3-5-15/h15-16,35H,2-14H2,1H3,(H3,27,28)(H,33,34). The number of aromatic hydroxyl groups is 1. The highest BCUT2D eigenvalue weighted by Gasteiger charge is 2.67. The van der Waals surface area contributed by atoms with Crippen LogP contribution in [0.25, 0.3) is 0 Å². The zero-order chi connectivity index (χ0) is 28.3. The van der Waals surface area contributed by atoms with Gasteiger partial charge in [-0.25, -0.2) is 9.59 Å². The van der Waals surface area contributed by atoms with Crippen LogP contribution in [0.2, 0.25) is 0 Å². The number of nitrogen functional groups attached to an aromatic ring is 1. The summed E-state index contributed by atoms with van der Waals surface area (Å²) in [6.07, 6.45) is 6.69. The minimum Gasteiger partial charge on any atom is -0.494 e. The molecular formula is C26H36N6O7. The average molecular weight is 545 g/mol. The van der Waals surface area contributed by atoms with Crippen LogP contribution in [0.1, 0.15) is 82.2 Å². The largest absolute Gasteiger partial charge is 0.494 e. The third kappa shape index (κ3) is 4.22. The smallest absolute Gasteiger partial charge is 0.334 e. The van der Waals surface area contributed by atoms with Gasteiger partial charge in [-0.2, -0.15) is 0 Å². The number of carbonyl (C=O) groups is 3. The van der Waals surface area contributed by atoms with E-state index in [1.54, 1.807) is 0 Å². The van der Waals surface area contributed by atoms with Crippen molar-refractivity contribution in [3.8, 4) is 5.88 Å². The van der Waals surface area contributed by atoms with Crippen molar-refractivity contribution >= 4 is 23.7 Å². The number of carboxylic acid groups (broad SMARTS) is 1. The molecule has 0 bridgehead atoms. The number of amides is 3. The zero-order valence-corrected chi connectivity index (χ0v) is 22.1. The second kappa shape index (κ2) is 9.53. The third-order valence-electron chi connectivity index (χ3n) is 9.54. The van der Waals surface area contributed by atoms with Crippen molar-refractivity contribution in [2.45, 2.75) is 88.8 Å². The molecule has 0 unspecified atom stereocenters. The Morgan fingerprint density at radius 2 is 1.69 bits per heavy atom. The predicted molar refractivity (Wildman–Crippen MR) is 139 cm³/mol. The van der Waals surface area contributed by atoms with Crippen LogP contribution >= 0.6 is 0 Å². The van der Waals surface area contributed by atoms with E-state index in [9.17, 15) is 29.1 Å². The number of carboxylic acids is 1. The Kier molecular flexibility index (Phi) is 6.58. The van der Waals surface area contributed by atoms with E-state index >= 15 is 0 Å². The van der Waals surface area contributed by atoms with Gasteiger partial charge < -0.3 is 20.8 Å². The van der Waals surface area contributed by atoms with Crippen molar-refractivity contribution in [1.82, 2.24) is 18.9 Å². The van der Waals surface area contributed by atoms with Crippen LogP contribution in [0.3, 0.4) is 0 Å². The Morgan fingerprint density at radius 1 is 1.08 bits per heavy atom. The van der Waals surface area contributed by atoms with Crippen molar-refractivity contribution in [2.75, 3.05) is 13.6 Å². The Bertz CT molecular complexity index is 1340. The van der Waals surface area contributed by atoms with Crippen molar-refractivity contribution in [3.05, 3.63) is 26.4 Å². The van der Waals surface area contributed by atoms with E-state index in [0.717, 1.165) is 35.2 Å². The van der Waals surface area contributed by atoms with Crippen molar-refractivity contribution < 1.29 is 24.6 Å². The number of amidine groups is 1. The maximum absolute atomic E-state index is 13.5. The van der Waals surface area contributed by atoms with Crippen LogP contribution < -0.4 is 17.0 Å². The number of urea groups is 1. The number of aromatic nitrogens is 2. The molecule has 0 aromatic carbocycles. The number of nitrogens with one attached hydrogen (secondary N) is 1. The summed E-state index contributed by atoms with van der Waals surface area (Å²) in [5, 5.41) is 27.8. The van der Waals surface area contributed by atoms with Crippen LogP contribution in [0.5, 0.6) is 5.88 Å². The lowest BCUT2D eigenvalue weighted by Gasteiger charge is -2.58. The normalized spacial score (nSPS) is 29.0. The van der Waals surface area contributed by atoms with Gasteiger partial charge in [0.05, 0.1) is 6.42 Å². The van der Waals surface area contributed by atoms with Gasteiger partial charge in [0.1, 0.15) is 16.9 Å². The number of hydrogen-bond donors (Lipinski definition) is 4. The first-order valence-corrected chi connectivity index (χ1v) is 13.6. The number of nitrogens with zero attached hydrogens (tertiary/aromatic N) is 4. The van der Waals surface area contributed by atoms with Gasteiger partial charge in [0.15, 0.2) is 0 Å². The van der Waals surface area contributed by atoms with Gasteiger partial charge in [0.25, 0.3) is 11.5 Å². The van der Waals surface area contributed by atoms with Crippen molar-refractivity contribution in [3.63, 3.8) is 0 Å². The van der Waals surface area contributed by atoms with Gasteiger partial charge in [-0.3, -0.25) is 33.8 Å². The molecule has 4 fully saturated rings. The minimum atomic E-state index is -1.04. The molecule has 2 heterocycles. The first kappa shape index (κ1) is 26.9. The molecular weight excluding hydrogens is 508 g/mol. The van der Waals surface area contributed by atoms with Crippen molar-refractivity contribution in [2.24, 2.45) is 17.1 Å². The molecule has 13 heteroatoms. The number of nitrogens with two attached hydrogens (primary N) is 1. The SMILES string of the molecule is CN1C(=O)N(CCC(=O)O)C2(CC3(CCC(n4c(=O)c(C(=N)N)c(O)n(CC5CCCC5)c4=O)CC3)C2)C1=O. The van der Waals surface area contributed by atoms with E-state index in [1.165, 1.54) is 16.5 Å². The Hall–Kier alpha value is -3.64. The summed E-state index contributed by atoms with van der Waals surface area (Å²) in [4.78, 5) is 66.2. The average Bonchev–Trinajstić information content (AvgIpc) is 3.43. The number of carbonyl (C=O) groups excluding carboxylic acids is 2. The molecule has 212 valence electrons. The molecule has 3 aliphatic carbocycles. The summed E-state index contributed by atoms with van der Waals surface area (Å²) >= 11 is 0. The lowest BCUT2D eigenvalue weighted by atomic mass is 9.51. The summed E-state index contributed by atoms with van der Waals surface area (Å²) in [6, 6.07) is -0.938. The van der Waals surface area contributed by atoms with Crippen LogP contribution in [0.4, 0.5) is 4.79 Å². The maximum Gasteiger partial charge on any atom is 0.334 e. The fourth-order valence-electron chi connectivity index (χ4n) is 7.59. The fraction of sp³-hybridized carbons (Fsp3) is 0.692. The number of rotatable bonds is 7. The first-order valence-electron chi connectivity index (χ1n) is 13.6.